The lowest BCUT2D eigenvalue weighted by atomic mass is 9.32. The van der Waals surface area contributed by atoms with Gasteiger partial charge < -0.3 is 9.84 Å². The Hall–Kier alpha value is -1.87. The van der Waals surface area contributed by atoms with Gasteiger partial charge in [-0.1, -0.05) is 77.1 Å². The van der Waals surface area contributed by atoms with Crippen LogP contribution in [0.5, 0.6) is 0 Å². The molecule has 3 nitrogen and oxygen atoms in total. The fourth-order valence-electron chi connectivity index (χ4n) is 12.5. The first-order chi connectivity index (χ1) is 19.8. The lowest BCUT2D eigenvalue weighted by molar-refractivity contribution is -0.249. The third-order valence-electron chi connectivity index (χ3n) is 14.9. The van der Waals surface area contributed by atoms with Crippen LogP contribution in [0.1, 0.15) is 111 Å². The lowest BCUT2D eigenvalue weighted by Gasteiger charge is -2.73. The van der Waals surface area contributed by atoms with Crippen LogP contribution in [-0.2, 0) is 9.53 Å². The number of allylic oxidation sites excluding steroid dienone is 1. The van der Waals surface area contributed by atoms with Gasteiger partial charge in [0.05, 0.1) is 12.7 Å². The number of ether oxygens (including phenoxy) is 1. The maximum absolute atomic E-state index is 12.9. The maximum atomic E-state index is 12.9. The van der Waals surface area contributed by atoms with Crippen molar-refractivity contribution in [1.29, 1.82) is 0 Å². The van der Waals surface area contributed by atoms with E-state index in [0.29, 0.717) is 47.0 Å². The Balaban J connectivity index is 1.27. The Bertz CT molecular complexity index is 1230. The van der Waals surface area contributed by atoms with Crippen LogP contribution in [0.15, 0.2) is 48.6 Å². The second kappa shape index (κ2) is 10.4. The van der Waals surface area contributed by atoms with Gasteiger partial charge in [0.2, 0.25) is 0 Å². The molecule has 3 heteroatoms. The fraction of sp³-hybridized carbons (Fsp3) is 0.718. The second-order valence-corrected chi connectivity index (χ2v) is 16.8. The molecule has 0 bridgehead atoms. The van der Waals surface area contributed by atoms with Crippen molar-refractivity contribution in [3.63, 3.8) is 0 Å². The molecule has 0 saturated heterocycles. The molecule has 1 aromatic rings. The molecule has 0 aliphatic heterocycles. The van der Waals surface area contributed by atoms with Gasteiger partial charge in [0, 0.05) is 11.5 Å². The quantitative estimate of drug-likeness (QED) is 0.217. The molecule has 1 N–H and O–H groups in total. The average Bonchev–Trinajstić information content (AvgIpc) is 3.34. The molecule has 6 rings (SSSR count). The zero-order valence-electron chi connectivity index (χ0n) is 27.3. The predicted octanol–water partition coefficient (Wildman–Crippen LogP) is 9.26. The molecule has 5 fully saturated rings. The van der Waals surface area contributed by atoms with Crippen LogP contribution >= 0.6 is 0 Å². The van der Waals surface area contributed by atoms with E-state index >= 15 is 0 Å². The van der Waals surface area contributed by atoms with E-state index in [0.717, 1.165) is 31.2 Å². The summed E-state index contributed by atoms with van der Waals surface area (Å²) in [6, 6.07) is 9.99. The largest absolute Gasteiger partial charge is 0.462 e. The maximum Gasteiger partial charge on any atom is 0.330 e. The predicted molar refractivity (Wildman–Crippen MR) is 171 cm³/mol. The number of carbonyl (C=O) groups excluding carboxylic acids is 1. The fourth-order valence-corrected chi connectivity index (χ4v) is 12.5. The number of hydrogen-bond acceptors (Lipinski definition) is 3. The van der Waals surface area contributed by atoms with E-state index in [4.69, 9.17) is 4.74 Å². The number of fused-ring (bicyclic) bond motifs is 7. The highest BCUT2D eigenvalue weighted by Gasteiger charge is 2.70. The third kappa shape index (κ3) is 4.33. The molecule has 0 heterocycles. The molecule has 0 spiro atoms. The van der Waals surface area contributed by atoms with E-state index in [9.17, 15) is 9.90 Å². The normalized spacial score (nSPS) is 45.8. The Kier molecular flexibility index (Phi) is 7.44. The van der Waals surface area contributed by atoms with Crippen molar-refractivity contribution in [2.45, 2.75) is 112 Å². The number of aliphatic hydroxyl groups is 1. The summed E-state index contributed by atoms with van der Waals surface area (Å²) in [7, 11) is 0. The third-order valence-corrected chi connectivity index (χ3v) is 14.9. The van der Waals surface area contributed by atoms with Crippen molar-refractivity contribution >= 4 is 12.0 Å². The van der Waals surface area contributed by atoms with E-state index < -0.39 is 0 Å². The summed E-state index contributed by atoms with van der Waals surface area (Å²) in [6.45, 7) is 20.0. The summed E-state index contributed by atoms with van der Waals surface area (Å²) in [6.07, 6.45) is 15.2. The van der Waals surface area contributed by atoms with Gasteiger partial charge in [0.15, 0.2) is 0 Å². The van der Waals surface area contributed by atoms with Gasteiger partial charge >= 0.3 is 5.97 Å². The van der Waals surface area contributed by atoms with Crippen molar-refractivity contribution in [2.24, 2.45) is 56.7 Å². The summed E-state index contributed by atoms with van der Waals surface area (Å²) >= 11 is 0. The Morgan fingerprint density at radius 3 is 2.36 bits per heavy atom. The van der Waals surface area contributed by atoms with Crippen LogP contribution in [0, 0.1) is 56.7 Å². The molecule has 5 aliphatic carbocycles. The van der Waals surface area contributed by atoms with Gasteiger partial charge in [-0.15, -0.1) is 0 Å². The Labute approximate surface area is 255 Å². The summed E-state index contributed by atoms with van der Waals surface area (Å²) in [4.78, 5) is 12.9. The minimum absolute atomic E-state index is 0.0108. The molecular formula is C39H56O3. The topological polar surface area (TPSA) is 46.5 Å². The lowest BCUT2D eigenvalue weighted by Crippen LogP contribution is -2.66. The number of benzene rings is 1. The van der Waals surface area contributed by atoms with Crippen LogP contribution in [0.4, 0.5) is 0 Å². The van der Waals surface area contributed by atoms with Gasteiger partial charge in [0.25, 0.3) is 0 Å². The summed E-state index contributed by atoms with van der Waals surface area (Å²) in [5.74, 6) is 2.76. The molecule has 5 aliphatic rings. The van der Waals surface area contributed by atoms with E-state index in [1.807, 2.05) is 36.4 Å². The summed E-state index contributed by atoms with van der Waals surface area (Å²) in [5, 5.41) is 11.0. The Morgan fingerprint density at radius 2 is 1.64 bits per heavy atom. The molecule has 230 valence electrons. The van der Waals surface area contributed by atoms with Crippen molar-refractivity contribution in [2.75, 3.05) is 6.61 Å². The average molecular weight is 573 g/mol. The smallest absolute Gasteiger partial charge is 0.330 e. The monoisotopic (exact) mass is 572 g/mol. The standard InChI is InChI=1S/C39H56O3/c1-26(2)28-17-22-39(25-42-33(41)16-13-27-11-9-8-10-12-27)24-23-37(6)29(34(28)39)14-15-31-36(5)20-19-32(40)35(3,4)30(36)18-21-38(31,37)7/h8-13,16,28-32,34,40H,1,14-15,17-25H2,2-7H3/b16-13+/t28-,29-,30+,31-,32+,34-,36+,37-,38-,39-/m1/s1. The van der Waals surface area contributed by atoms with Crippen molar-refractivity contribution in [3.8, 4) is 0 Å². The highest BCUT2D eigenvalue weighted by molar-refractivity contribution is 5.87. The highest BCUT2D eigenvalue weighted by Crippen LogP contribution is 2.77. The van der Waals surface area contributed by atoms with Gasteiger partial charge in [-0.2, -0.15) is 0 Å². The van der Waals surface area contributed by atoms with E-state index in [2.05, 4.69) is 48.1 Å². The molecule has 42 heavy (non-hydrogen) atoms. The molecule has 0 unspecified atom stereocenters. The SMILES string of the molecule is C=C(C)[C@H]1CC[C@]2(COC(=O)/C=C/c3ccccc3)CC[C@]3(C)[C@H](CC[C@@H]4[C@@]5(C)CC[C@H](O)C(C)(C)[C@@H]5CC[C@]43C)[C@@H]12. The summed E-state index contributed by atoms with van der Waals surface area (Å²) in [5.41, 5.74) is 3.26. The van der Waals surface area contributed by atoms with Gasteiger partial charge in [-0.3, -0.25) is 0 Å². The zero-order valence-corrected chi connectivity index (χ0v) is 27.3. The van der Waals surface area contributed by atoms with E-state index in [1.165, 1.54) is 44.1 Å². The minimum Gasteiger partial charge on any atom is -0.462 e. The number of carbonyl (C=O) groups is 1. The molecule has 1 aromatic carbocycles. The van der Waals surface area contributed by atoms with Gasteiger partial charge in [0.1, 0.15) is 0 Å². The number of esters is 1. The first-order valence-corrected chi connectivity index (χ1v) is 17.0. The molecule has 10 atom stereocenters. The van der Waals surface area contributed by atoms with E-state index in [1.54, 1.807) is 6.08 Å². The van der Waals surface area contributed by atoms with Crippen molar-refractivity contribution in [1.82, 2.24) is 0 Å². The minimum atomic E-state index is -0.219. The number of rotatable bonds is 5. The Morgan fingerprint density at radius 1 is 0.905 bits per heavy atom. The first-order valence-electron chi connectivity index (χ1n) is 17.0. The summed E-state index contributed by atoms with van der Waals surface area (Å²) < 4.78 is 6.12. The van der Waals surface area contributed by atoms with E-state index in [-0.39, 0.29) is 28.3 Å². The zero-order chi connectivity index (χ0) is 30.1. The molecule has 5 saturated carbocycles. The molecular weight excluding hydrogens is 516 g/mol. The number of aliphatic hydroxyl groups excluding tert-OH is 1. The van der Waals surface area contributed by atoms with Crippen molar-refractivity contribution in [3.05, 3.63) is 54.1 Å². The van der Waals surface area contributed by atoms with Gasteiger partial charge in [-0.05, 0) is 134 Å². The number of hydrogen-bond donors (Lipinski definition) is 1. The van der Waals surface area contributed by atoms with Crippen molar-refractivity contribution < 1.29 is 14.6 Å². The van der Waals surface area contributed by atoms with Crippen LogP contribution in [0.2, 0.25) is 0 Å². The van der Waals surface area contributed by atoms with Crippen LogP contribution in [-0.4, -0.2) is 23.8 Å². The molecule has 0 amide bonds. The van der Waals surface area contributed by atoms with Crippen LogP contribution < -0.4 is 0 Å². The highest BCUT2D eigenvalue weighted by atomic mass is 16.5. The second-order valence-electron chi connectivity index (χ2n) is 16.8. The van der Waals surface area contributed by atoms with Gasteiger partial charge in [-0.25, -0.2) is 4.79 Å². The molecule has 0 radical (unpaired) electrons. The molecule has 0 aromatic heterocycles. The van der Waals surface area contributed by atoms with Crippen LogP contribution in [0.25, 0.3) is 6.08 Å². The van der Waals surface area contributed by atoms with Crippen LogP contribution in [0.3, 0.4) is 0 Å². The first kappa shape index (κ1) is 30.2.